The molecule has 0 radical (unpaired) electrons. The number of amides is 1. The lowest BCUT2D eigenvalue weighted by atomic mass is 9.66. The van der Waals surface area contributed by atoms with Crippen molar-refractivity contribution in [2.45, 2.75) is 62.4 Å². The minimum atomic E-state index is -0.437. The van der Waals surface area contributed by atoms with E-state index in [1.807, 2.05) is 18.2 Å². The first-order chi connectivity index (χ1) is 12.2. The fourth-order valence-electron chi connectivity index (χ4n) is 5.44. The van der Waals surface area contributed by atoms with Gasteiger partial charge in [-0.25, -0.2) is 0 Å². The van der Waals surface area contributed by atoms with E-state index < -0.39 is 5.41 Å². The van der Waals surface area contributed by atoms with Gasteiger partial charge >= 0.3 is 0 Å². The summed E-state index contributed by atoms with van der Waals surface area (Å²) in [6.07, 6.45) is 7.35. The topological polar surface area (TPSA) is 64.3 Å². The molecule has 2 unspecified atom stereocenters. The Morgan fingerprint density at radius 3 is 2.36 bits per heavy atom. The Kier molecular flexibility index (Phi) is 4.83. The molecule has 136 valence electrons. The zero-order valence-electron chi connectivity index (χ0n) is 15.0. The molecule has 2 atom stereocenters. The summed E-state index contributed by atoms with van der Waals surface area (Å²) in [6, 6.07) is 10.9. The molecule has 1 aromatic rings. The zero-order chi connectivity index (χ0) is 17.3. The van der Waals surface area contributed by atoms with Crippen LogP contribution in [0.2, 0.25) is 0 Å². The molecular weight excluding hydrogens is 312 g/mol. The highest BCUT2D eigenvalue weighted by Crippen LogP contribution is 2.41. The summed E-state index contributed by atoms with van der Waals surface area (Å²) in [4.78, 5) is 13.5. The molecule has 1 saturated heterocycles. The van der Waals surface area contributed by atoms with Crippen LogP contribution < -0.4 is 11.1 Å². The first-order valence-electron chi connectivity index (χ1n) is 9.89. The van der Waals surface area contributed by atoms with Gasteiger partial charge in [0.1, 0.15) is 0 Å². The molecule has 1 aromatic carbocycles. The van der Waals surface area contributed by atoms with Crippen LogP contribution >= 0.6 is 0 Å². The van der Waals surface area contributed by atoms with Gasteiger partial charge in [-0.2, -0.15) is 0 Å². The Hall–Kier alpha value is -1.39. The number of fused-ring (bicyclic) bond motifs is 2. The summed E-state index contributed by atoms with van der Waals surface area (Å²) in [7, 11) is 0. The first-order valence-corrected chi connectivity index (χ1v) is 9.89. The molecule has 2 saturated carbocycles. The summed E-state index contributed by atoms with van der Waals surface area (Å²) < 4.78 is 5.58. The van der Waals surface area contributed by atoms with E-state index in [2.05, 4.69) is 17.4 Å². The second-order valence-electron chi connectivity index (χ2n) is 8.24. The average Bonchev–Trinajstić information content (AvgIpc) is 2.64. The number of hydrogen-bond donors (Lipinski definition) is 2. The number of hydrogen-bond acceptors (Lipinski definition) is 3. The van der Waals surface area contributed by atoms with Gasteiger partial charge in [0, 0.05) is 25.3 Å². The Labute approximate surface area is 150 Å². The lowest BCUT2D eigenvalue weighted by Crippen LogP contribution is -2.58. The maximum Gasteiger partial charge on any atom is 0.231 e. The van der Waals surface area contributed by atoms with Crippen molar-refractivity contribution in [1.29, 1.82) is 0 Å². The van der Waals surface area contributed by atoms with Crippen LogP contribution in [0.25, 0.3) is 0 Å². The predicted molar refractivity (Wildman–Crippen MR) is 98.1 cm³/mol. The van der Waals surface area contributed by atoms with E-state index >= 15 is 0 Å². The quantitative estimate of drug-likeness (QED) is 0.888. The van der Waals surface area contributed by atoms with Gasteiger partial charge in [-0.3, -0.25) is 4.79 Å². The molecular formula is C21H30N2O2. The third-order valence-electron chi connectivity index (χ3n) is 6.78. The van der Waals surface area contributed by atoms with Gasteiger partial charge in [0.05, 0.1) is 5.41 Å². The van der Waals surface area contributed by atoms with Gasteiger partial charge in [-0.05, 0) is 55.9 Å². The number of nitrogens with two attached hydrogens (primary N) is 1. The largest absolute Gasteiger partial charge is 0.381 e. The van der Waals surface area contributed by atoms with Crippen LogP contribution in [0.4, 0.5) is 0 Å². The van der Waals surface area contributed by atoms with E-state index in [1.54, 1.807) is 0 Å². The SMILES string of the molecule is NC1CC2CCCC(C1)C2NC(=O)C1(c2ccccc2)CCOCC1. The summed E-state index contributed by atoms with van der Waals surface area (Å²) in [5.74, 6) is 1.32. The van der Waals surface area contributed by atoms with Gasteiger partial charge in [0.2, 0.25) is 5.91 Å². The van der Waals surface area contributed by atoms with Crippen molar-refractivity contribution in [1.82, 2.24) is 5.32 Å². The molecule has 2 aliphatic carbocycles. The Balaban J connectivity index is 1.57. The smallest absolute Gasteiger partial charge is 0.231 e. The van der Waals surface area contributed by atoms with Crippen LogP contribution in [0.5, 0.6) is 0 Å². The number of nitrogens with one attached hydrogen (secondary N) is 1. The van der Waals surface area contributed by atoms with Gasteiger partial charge < -0.3 is 15.8 Å². The van der Waals surface area contributed by atoms with Crippen LogP contribution in [0.1, 0.15) is 50.5 Å². The van der Waals surface area contributed by atoms with Crippen molar-refractivity contribution in [2.75, 3.05) is 13.2 Å². The fraction of sp³-hybridized carbons (Fsp3) is 0.667. The van der Waals surface area contributed by atoms with Gasteiger partial charge in [0.15, 0.2) is 0 Å². The van der Waals surface area contributed by atoms with Crippen molar-refractivity contribution in [2.24, 2.45) is 17.6 Å². The standard InChI is InChI=1S/C21H30N2O2/c22-18-13-15-5-4-6-16(14-18)19(15)23-20(24)21(9-11-25-12-10-21)17-7-2-1-3-8-17/h1-3,7-8,15-16,18-19H,4-6,9-14,22H2,(H,23,24). The molecule has 4 heteroatoms. The molecule has 0 aromatic heterocycles. The Morgan fingerprint density at radius 2 is 1.72 bits per heavy atom. The van der Waals surface area contributed by atoms with Crippen molar-refractivity contribution >= 4 is 5.91 Å². The van der Waals surface area contributed by atoms with Crippen LogP contribution in [-0.4, -0.2) is 31.2 Å². The third kappa shape index (κ3) is 3.22. The molecule has 3 fully saturated rings. The van der Waals surface area contributed by atoms with Crippen molar-refractivity contribution in [3.05, 3.63) is 35.9 Å². The second kappa shape index (κ2) is 7.08. The number of benzene rings is 1. The summed E-state index contributed by atoms with van der Waals surface area (Å²) in [5, 5.41) is 3.50. The lowest BCUT2D eigenvalue weighted by Gasteiger charge is -2.47. The lowest BCUT2D eigenvalue weighted by molar-refractivity contribution is -0.133. The molecule has 0 spiro atoms. The highest BCUT2D eigenvalue weighted by Gasteiger charge is 2.46. The zero-order valence-corrected chi connectivity index (χ0v) is 15.0. The van der Waals surface area contributed by atoms with E-state index in [0.717, 1.165) is 31.2 Å². The minimum absolute atomic E-state index is 0.208. The number of carbonyl (C=O) groups excluding carboxylic acids is 1. The molecule has 3 aliphatic rings. The molecule has 2 bridgehead atoms. The molecule has 1 amide bonds. The van der Waals surface area contributed by atoms with Crippen LogP contribution in [0, 0.1) is 11.8 Å². The van der Waals surface area contributed by atoms with Crippen LogP contribution in [0.3, 0.4) is 0 Å². The minimum Gasteiger partial charge on any atom is -0.381 e. The maximum atomic E-state index is 13.5. The van der Waals surface area contributed by atoms with Gasteiger partial charge in [0.25, 0.3) is 0 Å². The highest BCUT2D eigenvalue weighted by atomic mass is 16.5. The van der Waals surface area contributed by atoms with E-state index in [4.69, 9.17) is 10.5 Å². The maximum absolute atomic E-state index is 13.5. The molecule has 25 heavy (non-hydrogen) atoms. The summed E-state index contributed by atoms with van der Waals surface area (Å²) in [6.45, 7) is 1.31. The summed E-state index contributed by atoms with van der Waals surface area (Å²) >= 11 is 0. The van der Waals surface area contributed by atoms with E-state index in [9.17, 15) is 4.79 Å². The monoisotopic (exact) mass is 342 g/mol. The molecule has 1 heterocycles. The molecule has 3 N–H and O–H groups in total. The number of ether oxygens (including phenoxy) is 1. The van der Waals surface area contributed by atoms with Crippen molar-refractivity contribution in [3.8, 4) is 0 Å². The van der Waals surface area contributed by atoms with E-state index in [-0.39, 0.29) is 5.91 Å². The second-order valence-corrected chi connectivity index (χ2v) is 8.24. The van der Waals surface area contributed by atoms with Crippen molar-refractivity contribution in [3.63, 3.8) is 0 Å². The molecule has 4 nitrogen and oxygen atoms in total. The average molecular weight is 342 g/mol. The Morgan fingerprint density at radius 1 is 1.08 bits per heavy atom. The molecule has 4 rings (SSSR count). The highest BCUT2D eigenvalue weighted by molar-refractivity contribution is 5.88. The van der Waals surface area contributed by atoms with Crippen LogP contribution in [0.15, 0.2) is 30.3 Å². The normalized spacial score (nSPS) is 34.3. The van der Waals surface area contributed by atoms with Gasteiger partial charge in [-0.1, -0.05) is 36.8 Å². The summed E-state index contributed by atoms with van der Waals surface area (Å²) in [5.41, 5.74) is 6.94. The fourth-order valence-corrected chi connectivity index (χ4v) is 5.44. The van der Waals surface area contributed by atoms with Gasteiger partial charge in [-0.15, -0.1) is 0 Å². The number of carbonyl (C=O) groups is 1. The first kappa shape index (κ1) is 17.0. The number of rotatable bonds is 3. The van der Waals surface area contributed by atoms with E-state index in [0.29, 0.717) is 37.1 Å². The predicted octanol–water partition coefficient (Wildman–Crippen LogP) is 2.76. The third-order valence-corrected chi connectivity index (χ3v) is 6.78. The van der Waals surface area contributed by atoms with E-state index in [1.165, 1.54) is 19.3 Å². The van der Waals surface area contributed by atoms with Crippen molar-refractivity contribution < 1.29 is 9.53 Å². The van der Waals surface area contributed by atoms with Crippen LogP contribution in [-0.2, 0) is 14.9 Å². The molecule has 1 aliphatic heterocycles. The Bertz CT molecular complexity index is 583.